The summed E-state index contributed by atoms with van der Waals surface area (Å²) in [7, 11) is 0. The fourth-order valence-corrected chi connectivity index (χ4v) is 2.59. The number of ether oxygens (including phenoxy) is 1. The van der Waals surface area contributed by atoms with Crippen LogP contribution in [0.5, 0.6) is 0 Å². The van der Waals surface area contributed by atoms with Crippen molar-refractivity contribution < 1.29 is 9.84 Å². The summed E-state index contributed by atoms with van der Waals surface area (Å²) in [6.07, 6.45) is 0.723. The fraction of sp³-hybridized carbons (Fsp3) is 0.625. The molecule has 0 aliphatic carbocycles. The SMILES string of the molecule is CCN(CC)c1ccc(CNCC2(O)CCOC2)cc1. The van der Waals surface area contributed by atoms with Crippen molar-refractivity contribution in [3.05, 3.63) is 29.8 Å². The monoisotopic (exact) mass is 278 g/mol. The smallest absolute Gasteiger partial charge is 0.102 e. The van der Waals surface area contributed by atoms with E-state index in [4.69, 9.17) is 4.74 Å². The Balaban J connectivity index is 1.81. The van der Waals surface area contributed by atoms with Crippen LogP contribution in [0.2, 0.25) is 0 Å². The predicted octanol–water partition coefficient (Wildman–Crippen LogP) is 1.77. The molecule has 4 nitrogen and oxygen atoms in total. The Hall–Kier alpha value is -1.10. The Kier molecular flexibility index (Phi) is 5.40. The van der Waals surface area contributed by atoms with E-state index < -0.39 is 5.60 Å². The highest BCUT2D eigenvalue weighted by Crippen LogP contribution is 2.18. The van der Waals surface area contributed by atoms with E-state index in [1.165, 1.54) is 11.3 Å². The molecule has 1 unspecified atom stereocenters. The van der Waals surface area contributed by atoms with Gasteiger partial charge in [0.2, 0.25) is 0 Å². The van der Waals surface area contributed by atoms with E-state index in [2.05, 4.69) is 48.3 Å². The molecule has 0 saturated carbocycles. The van der Waals surface area contributed by atoms with Gasteiger partial charge in [-0.1, -0.05) is 12.1 Å². The zero-order valence-electron chi connectivity index (χ0n) is 12.6. The zero-order valence-corrected chi connectivity index (χ0v) is 12.6. The Morgan fingerprint density at radius 1 is 1.25 bits per heavy atom. The average molecular weight is 278 g/mol. The maximum atomic E-state index is 10.2. The second-order valence-electron chi connectivity index (χ2n) is 5.47. The molecule has 0 spiro atoms. The van der Waals surface area contributed by atoms with Gasteiger partial charge in [0, 0.05) is 44.9 Å². The largest absolute Gasteiger partial charge is 0.386 e. The molecule has 0 amide bonds. The Labute approximate surface area is 121 Å². The van der Waals surface area contributed by atoms with Gasteiger partial charge < -0.3 is 20.1 Å². The van der Waals surface area contributed by atoms with Crippen LogP contribution in [0.25, 0.3) is 0 Å². The van der Waals surface area contributed by atoms with E-state index in [1.54, 1.807) is 0 Å². The Morgan fingerprint density at radius 3 is 2.50 bits per heavy atom. The Morgan fingerprint density at radius 2 is 1.95 bits per heavy atom. The molecule has 1 aromatic rings. The summed E-state index contributed by atoms with van der Waals surface area (Å²) in [5, 5.41) is 13.5. The van der Waals surface area contributed by atoms with Gasteiger partial charge in [-0.2, -0.15) is 0 Å². The molecule has 1 aliphatic heterocycles. The lowest BCUT2D eigenvalue weighted by molar-refractivity contribution is 0.0268. The molecule has 4 heteroatoms. The van der Waals surface area contributed by atoms with Crippen molar-refractivity contribution in [2.24, 2.45) is 0 Å². The maximum Gasteiger partial charge on any atom is 0.102 e. The molecule has 112 valence electrons. The lowest BCUT2D eigenvalue weighted by atomic mass is 10.0. The predicted molar refractivity (Wildman–Crippen MR) is 82.1 cm³/mol. The van der Waals surface area contributed by atoms with Gasteiger partial charge in [0.1, 0.15) is 5.60 Å². The number of aliphatic hydroxyl groups is 1. The maximum absolute atomic E-state index is 10.2. The third-order valence-electron chi connectivity index (χ3n) is 3.93. The first-order valence-corrected chi connectivity index (χ1v) is 7.51. The van der Waals surface area contributed by atoms with Gasteiger partial charge in [-0.05, 0) is 31.5 Å². The van der Waals surface area contributed by atoms with Crippen molar-refractivity contribution in [3.63, 3.8) is 0 Å². The summed E-state index contributed by atoms with van der Waals surface area (Å²) >= 11 is 0. The molecule has 0 bridgehead atoms. The van der Waals surface area contributed by atoms with E-state index in [1.807, 2.05) is 0 Å². The second-order valence-corrected chi connectivity index (χ2v) is 5.47. The van der Waals surface area contributed by atoms with Gasteiger partial charge in [0.15, 0.2) is 0 Å². The van der Waals surface area contributed by atoms with Crippen molar-refractivity contribution in [2.75, 3.05) is 37.7 Å². The van der Waals surface area contributed by atoms with Gasteiger partial charge >= 0.3 is 0 Å². The summed E-state index contributed by atoms with van der Waals surface area (Å²) < 4.78 is 5.23. The van der Waals surface area contributed by atoms with Crippen LogP contribution < -0.4 is 10.2 Å². The van der Waals surface area contributed by atoms with E-state index in [0.717, 1.165) is 26.1 Å². The quantitative estimate of drug-likeness (QED) is 0.798. The first kappa shape index (κ1) is 15.3. The molecule has 0 aromatic heterocycles. The van der Waals surface area contributed by atoms with Crippen molar-refractivity contribution in [1.82, 2.24) is 5.32 Å². The van der Waals surface area contributed by atoms with Crippen molar-refractivity contribution >= 4 is 5.69 Å². The lowest BCUT2D eigenvalue weighted by Crippen LogP contribution is -2.40. The summed E-state index contributed by atoms with van der Waals surface area (Å²) in [4.78, 5) is 2.33. The average Bonchev–Trinajstić information content (AvgIpc) is 2.89. The number of benzene rings is 1. The molecular formula is C16H26N2O2. The number of anilines is 1. The second kappa shape index (κ2) is 7.07. The molecule has 1 heterocycles. The molecule has 0 radical (unpaired) electrons. The minimum Gasteiger partial charge on any atom is -0.386 e. The van der Waals surface area contributed by atoms with Crippen LogP contribution in [0, 0.1) is 0 Å². The van der Waals surface area contributed by atoms with Crippen LogP contribution in [0.4, 0.5) is 5.69 Å². The third kappa shape index (κ3) is 3.95. The zero-order chi connectivity index (χ0) is 14.4. The van der Waals surface area contributed by atoms with Crippen LogP contribution >= 0.6 is 0 Å². The van der Waals surface area contributed by atoms with Crippen molar-refractivity contribution in [3.8, 4) is 0 Å². The minimum absolute atomic E-state index is 0.445. The van der Waals surface area contributed by atoms with Crippen molar-refractivity contribution in [2.45, 2.75) is 32.4 Å². The van der Waals surface area contributed by atoms with E-state index in [9.17, 15) is 5.11 Å². The molecular weight excluding hydrogens is 252 g/mol. The lowest BCUT2D eigenvalue weighted by Gasteiger charge is -2.22. The number of nitrogens with zero attached hydrogens (tertiary/aromatic N) is 1. The van der Waals surface area contributed by atoms with E-state index in [-0.39, 0.29) is 0 Å². The normalized spacial score (nSPS) is 22.1. The van der Waals surface area contributed by atoms with Crippen LogP contribution in [0.3, 0.4) is 0 Å². The van der Waals surface area contributed by atoms with E-state index >= 15 is 0 Å². The summed E-state index contributed by atoms with van der Waals surface area (Å²) in [5.41, 5.74) is 1.83. The molecule has 1 fully saturated rings. The molecule has 2 N–H and O–H groups in total. The molecule has 1 atom stereocenters. The number of nitrogens with one attached hydrogen (secondary N) is 1. The molecule has 2 rings (SSSR count). The van der Waals surface area contributed by atoms with Crippen LogP contribution in [0.15, 0.2) is 24.3 Å². The van der Waals surface area contributed by atoms with Crippen LogP contribution in [0.1, 0.15) is 25.8 Å². The van der Waals surface area contributed by atoms with Gasteiger partial charge in [-0.3, -0.25) is 0 Å². The number of hydrogen-bond acceptors (Lipinski definition) is 4. The highest BCUT2D eigenvalue weighted by Gasteiger charge is 2.31. The number of hydrogen-bond donors (Lipinski definition) is 2. The molecule has 1 saturated heterocycles. The molecule has 1 aromatic carbocycles. The van der Waals surface area contributed by atoms with Crippen LogP contribution in [-0.2, 0) is 11.3 Å². The van der Waals surface area contributed by atoms with Crippen molar-refractivity contribution in [1.29, 1.82) is 0 Å². The first-order valence-electron chi connectivity index (χ1n) is 7.51. The van der Waals surface area contributed by atoms with Gasteiger partial charge in [-0.25, -0.2) is 0 Å². The summed E-state index contributed by atoms with van der Waals surface area (Å²) in [6, 6.07) is 8.63. The Bertz CT molecular complexity index is 395. The van der Waals surface area contributed by atoms with Gasteiger partial charge in [0.05, 0.1) is 6.61 Å². The number of rotatable bonds is 7. The molecule has 20 heavy (non-hydrogen) atoms. The van der Waals surface area contributed by atoms with Gasteiger partial charge in [0.25, 0.3) is 0 Å². The van der Waals surface area contributed by atoms with Gasteiger partial charge in [-0.15, -0.1) is 0 Å². The summed E-state index contributed by atoms with van der Waals surface area (Å²) in [6.45, 7) is 8.87. The first-order chi connectivity index (χ1) is 9.67. The molecule has 1 aliphatic rings. The minimum atomic E-state index is -0.679. The van der Waals surface area contributed by atoms with Crippen LogP contribution in [-0.4, -0.2) is 43.6 Å². The standard InChI is InChI=1S/C16H26N2O2/c1-3-18(4-2)15-7-5-14(6-8-15)11-17-12-16(19)9-10-20-13-16/h5-8,17,19H,3-4,9-13H2,1-2H3. The fourth-order valence-electron chi connectivity index (χ4n) is 2.59. The van der Waals surface area contributed by atoms with E-state index in [0.29, 0.717) is 19.8 Å². The third-order valence-corrected chi connectivity index (χ3v) is 3.93. The summed E-state index contributed by atoms with van der Waals surface area (Å²) in [5.74, 6) is 0. The topological polar surface area (TPSA) is 44.7 Å². The highest BCUT2D eigenvalue weighted by atomic mass is 16.5. The highest BCUT2D eigenvalue weighted by molar-refractivity contribution is 5.47.